The van der Waals surface area contributed by atoms with E-state index in [2.05, 4.69) is 15.0 Å². The maximum Gasteiger partial charge on any atom is 0.573 e. The molecule has 29 heavy (non-hydrogen) atoms. The Bertz CT molecular complexity index is 1080. The number of alkyl halides is 3. The molecule has 0 atom stereocenters. The maximum atomic E-state index is 13.4. The second kappa shape index (κ2) is 7.90. The summed E-state index contributed by atoms with van der Waals surface area (Å²) in [7, 11) is 0. The average Bonchev–Trinajstić information content (AvgIpc) is 2.61. The van der Waals surface area contributed by atoms with Crippen LogP contribution in [0.25, 0.3) is 0 Å². The van der Waals surface area contributed by atoms with Crippen molar-refractivity contribution in [2.45, 2.75) is 19.8 Å². The first-order chi connectivity index (χ1) is 13.6. The number of halogens is 5. The van der Waals surface area contributed by atoms with Crippen molar-refractivity contribution in [1.29, 1.82) is 0 Å². The van der Waals surface area contributed by atoms with Crippen LogP contribution in [0.4, 0.5) is 33.6 Å². The van der Waals surface area contributed by atoms with Gasteiger partial charge >= 0.3 is 6.36 Å². The Morgan fingerprint density at radius 3 is 2.34 bits per heavy atom. The van der Waals surface area contributed by atoms with Gasteiger partial charge in [-0.05, 0) is 36.8 Å². The Balaban J connectivity index is 1.89. The highest BCUT2D eigenvalue weighted by molar-refractivity contribution is 5.53. The fourth-order valence-corrected chi connectivity index (χ4v) is 2.55. The van der Waals surface area contributed by atoms with Crippen LogP contribution < -0.4 is 15.6 Å². The van der Waals surface area contributed by atoms with Gasteiger partial charge in [0.15, 0.2) is 11.6 Å². The lowest BCUT2D eigenvalue weighted by atomic mass is 10.2. The summed E-state index contributed by atoms with van der Waals surface area (Å²) in [4.78, 5) is 16.6. The fourth-order valence-electron chi connectivity index (χ4n) is 2.55. The van der Waals surface area contributed by atoms with E-state index in [0.717, 1.165) is 24.3 Å². The number of benzene rings is 2. The summed E-state index contributed by atoms with van der Waals surface area (Å²) in [6.07, 6.45) is -4.80. The van der Waals surface area contributed by atoms with Gasteiger partial charge in [-0.3, -0.25) is 9.36 Å². The number of hydrogen-bond donors (Lipinski definition) is 1. The molecule has 0 saturated carbocycles. The minimum absolute atomic E-state index is 0.0234. The van der Waals surface area contributed by atoms with Gasteiger partial charge in [-0.2, -0.15) is 0 Å². The molecule has 0 radical (unpaired) electrons. The molecule has 3 aromatic rings. The van der Waals surface area contributed by atoms with Crippen LogP contribution in [0.15, 0.2) is 53.3 Å². The van der Waals surface area contributed by atoms with Crippen molar-refractivity contribution in [2.75, 3.05) is 5.32 Å². The Morgan fingerprint density at radius 1 is 1.03 bits per heavy atom. The topological polar surface area (TPSA) is 56.1 Å². The highest BCUT2D eigenvalue weighted by Gasteiger charge is 2.30. The van der Waals surface area contributed by atoms with Crippen molar-refractivity contribution in [3.8, 4) is 5.75 Å². The minimum atomic E-state index is -4.80. The molecule has 0 aliphatic heterocycles. The van der Waals surface area contributed by atoms with E-state index in [9.17, 15) is 26.7 Å². The van der Waals surface area contributed by atoms with Gasteiger partial charge in [-0.1, -0.05) is 12.1 Å². The van der Waals surface area contributed by atoms with Crippen LogP contribution in [-0.4, -0.2) is 15.9 Å². The van der Waals surface area contributed by atoms with Crippen LogP contribution in [0.5, 0.6) is 5.75 Å². The van der Waals surface area contributed by atoms with Gasteiger partial charge in [-0.25, -0.2) is 13.8 Å². The highest BCUT2D eigenvalue weighted by atomic mass is 19.4. The van der Waals surface area contributed by atoms with Gasteiger partial charge in [-0.15, -0.1) is 13.2 Å². The van der Waals surface area contributed by atoms with E-state index in [1.165, 1.54) is 28.8 Å². The molecular weight excluding hydrogens is 397 g/mol. The minimum Gasteiger partial charge on any atom is -0.406 e. The lowest BCUT2D eigenvalue weighted by Crippen LogP contribution is -2.24. The molecule has 0 aliphatic rings. The van der Waals surface area contributed by atoms with Gasteiger partial charge in [0.05, 0.1) is 6.54 Å². The van der Waals surface area contributed by atoms with E-state index in [4.69, 9.17) is 0 Å². The summed E-state index contributed by atoms with van der Waals surface area (Å²) in [5, 5.41) is 2.76. The second-order valence-electron chi connectivity index (χ2n) is 6.09. The van der Waals surface area contributed by atoms with Crippen molar-refractivity contribution in [2.24, 2.45) is 0 Å². The summed E-state index contributed by atoms with van der Waals surface area (Å²) in [6, 6.07) is 9.38. The second-order valence-corrected chi connectivity index (χ2v) is 6.09. The molecule has 152 valence electrons. The first kappa shape index (κ1) is 20.3. The predicted molar refractivity (Wildman–Crippen MR) is 95.1 cm³/mol. The third-order valence-electron chi connectivity index (χ3n) is 3.81. The zero-order chi connectivity index (χ0) is 21.2. The third-order valence-corrected chi connectivity index (χ3v) is 3.81. The molecule has 1 heterocycles. The van der Waals surface area contributed by atoms with E-state index in [1.54, 1.807) is 6.92 Å². The molecule has 0 bridgehead atoms. The fraction of sp³-hybridized carbons (Fsp3) is 0.158. The molecule has 0 fully saturated rings. The molecule has 2 aromatic carbocycles. The van der Waals surface area contributed by atoms with E-state index < -0.39 is 29.3 Å². The Morgan fingerprint density at radius 2 is 1.72 bits per heavy atom. The maximum absolute atomic E-state index is 13.4. The number of nitrogens with one attached hydrogen (secondary N) is 1. The van der Waals surface area contributed by atoms with Crippen molar-refractivity contribution in [3.63, 3.8) is 0 Å². The number of anilines is 2. The molecule has 0 spiro atoms. The molecular formula is C19H14F5N3O2. The standard InChI is InChI=1S/C19H14F5N3O2/c1-11-8-17(28)27(10-12-2-5-14(6-3-12)29-19(22,23)24)18(25-11)26-13-4-7-15(20)16(21)9-13/h2-9H,10H2,1H3,(H,25,26). The van der Waals surface area contributed by atoms with Crippen molar-refractivity contribution in [3.05, 3.63) is 81.8 Å². The Labute approximate surface area is 161 Å². The first-order valence-corrected chi connectivity index (χ1v) is 8.26. The molecule has 0 aliphatic carbocycles. The van der Waals surface area contributed by atoms with Crippen LogP contribution in [-0.2, 0) is 6.54 Å². The van der Waals surface area contributed by atoms with Crippen LogP contribution in [0, 0.1) is 18.6 Å². The predicted octanol–water partition coefficient (Wildman–Crippen LogP) is 4.52. The Hall–Kier alpha value is -3.43. The van der Waals surface area contributed by atoms with Crippen molar-refractivity contribution in [1.82, 2.24) is 9.55 Å². The summed E-state index contributed by atoms with van der Waals surface area (Å²) in [5.41, 5.74) is 0.633. The van der Waals surface area contributed by atoms with E-state index in [1.807, 2.05) is 0 Å². The molecule has 1 N–H and O–H groups in total. The summed E-state index contributed by atoms with van der Waals surface area (Å²) >= 11 is 0. The lowest BCUT2D eigenvalue weighted by molar-refractivity contribution is -0.274. The summed E-state index contributed by atoms with van der Waals surface area (Å²) < 4.78 is 68.4. The first-order valence-electron chi connectivity index (χ1n) is 8.26. The van der Waals surface area contributed by atoms with Gasteiger partial charge in [0.2, 0.25) is 5.95 Å². The van der Waals surface area contributed by atoms with Crippen molar-refractivity contribution >= 4 is 11.6 Å². The third kappa shape index (κ3) is 5.31. The molecule has 0 saturated heterocycles. The quantitative estimate of drug-likeness (QED) is 0.628. The summed E-state index contributed by atoms with van der Waals surface area (Å²) in [6.45, 7) is 1.57. The number of aryl methyl sites for hydroxylation is 1. The number of hydrogen-bond acceptors (Lipinski definition) is 4. The van der Waals surface area contributed by atoms with Crippen LogP contribution >= 0.6 is 0 Å². The normalized spacial score (nSPS) is 11.4. The zero-order valence-corrected chi connectivity index (χ0v) is 14.9. The lowest BCUT2D eigenvalue weighted by Gasteiger charge is -2.15. The van der Waals surface area contributed by atoms with Crippen LogP contribution in [0.3, 0.4) is 0 Å². The number of aromatic nitrogens is 2. The molecule has 1 aromatic heterocycles. The molecule has 3 rings (SSSR count). The van der Waals surface area contributed by atoms with E-state index in [0.29, 0.717) is 11.3 Å². The molecule has 10 heteroatoms. The van der Waals surface area contributed by atoms with Crippen molar-refractivity contribution < 1.29 is 26.7 Å². The van der Waals surface area contributed by atoms with Gasteiger partial charge in [0, 0.05) is 23.5 Å². The van der Waals surface area contributed by atoms with Gasteiger partial charge in [0.25, 0.3) is 5.56 Å². The van der Waals surface area contributed by atoms with E-state index in [-0.39, 0.29) is 18.2 Å². The highest BCUT2D eigenvalue weighted by Crippen LogP contribution is 2.23. The smallest absolute Gasteiger partial charge is 0.406 e. The monoisotopic (exact) mass is 411 g/mol. The van der Waals surface area contributed by atoms with Gasteiger partial charge in [0.1, 0.15) is 5.75 Å². The van der Waals surface area contributed by atoms with E-state index >= 15 is 0 Å². The summed E-state index contributed by atoms with van der Waals surface area (Å²) in [5.74, 6) is -2.42. The number of nitrogens with zero attached hydrogens (tertiary/aromatic N) is 2. The SMILES string of the molecule is Cc1cc(=O)n(Cc2ccc(OC(F)(F)F)cc2)c(Nc2ccc(F)c(F)c2)n1. The largest absolute Gasteiger partial charge is 0.573 e. The molecule has 0 unspecified atom stereocenters. The number of rotatable bonds is 5. The van der Waals surface area contributed by atoms with Crippen LogP contribution in [0.2, 0.25) is 0 Å². The van der Waals surface area contributed by atoms with Crippen LogP contribution in [0.1, 0.15) is 11.3 Å². The Kier molecular flexibility index (Phi) is 5.53. The van der Waals surface area contributed by atoms with Gasteiger partial charge < -0.3 is 10.1 Å². The molecule has 0 amide bonds. The zero-order valence-electron chi connectivity index (χ0n) is 14.9. The number of ether oxygens (including phenoxy) is 1. The molecule has 5 nitrogen and oxygen atoms in total. The average molecular weight is 411 g/mol.